The van der Waals surface area contributed by atoms with Gasteiger partial charge in [0.1, 0.15) is 16.8 Å². The molecule has 0 fully saturated rings. The maximum atomic E-state index is 13.6. The van der Waals surface area contributed by atoms with E-state index in [9.17, 15) is 17.6 Å². The normalized spacial score (nSPS) is 11.4. The lowest BCUT2D eigenvalue weighted by molar-refractivity contribution is 0.146. The van der Waals surface area contributed by atoms with Gasteiger partial charge in [-0.05, 0) is 25.1 Å². The van der Waals surface area contributed by atoms with Crippen LogP contribution in [0.25, 0.3) is 0 Å². The first-order valence-electron chi connectivity index (χ1n) is 6.61. The Morgan fingerprint density at radius 3 is 2.55 bits per heavy atom. The number of nitrogens with zero attached hydrogens (tertiary/aromatic N) is 2. The van der Waals surface area contributed by atoms with Gasteiger partial charge in [0.05, 0.1) is 19.3 Å². The van der Waals surface area contributed by atoms with Gasteiger partial charge in [0, 0.05) is 11.1 Å². The third-order valence-electron chi connectivity index (χ3n) is 3.08. The zero-order valence-electron chi connectivity index (χ0n) is 11.5. The van der Waals surface area contributed by atoms with Gasteiger partial charge >= 0.3 is 0 Å². The molecule has 1 aromatic heterocycles. The second-order valence-electron chi connectivity index (χ2n) is 4.66. The van der Waals surface area contributed by atoms with Gasteiger partial charge in [-0.25, -0.2) is 22.2 Å². The highest BCUT2D eigenvalue weighted by Crippen LogP contribution is 2.20. The topological polar surface area (TPSA) is 29.9 Å². The van der Waals surface area contributed by atoms with Crippen LogP contribution >= 0.6 is 11.6 Å². The fraction of sp³-hybridized carbons (Fsp3) is 0.357. The lowest BCUT2D eigenvalue weighted by Crippen LogP contribution is -2.23. The monoisotopic (exact) mass is 335 g/mol. The van der Waals surface area contributed by atoms with Crippen molar-refractivity contribution in [3.63, 3.8) is 0 Å². The van der Waals surface area contributed by atoms with Crippen LogP contribution in [0.5, 0.6) is 0 Å². The van der Waals surface area contributed by atoms with Crippen LogP contribution in [-0.4, -0.2) is 29.3 Å². The van der Waals surface area contributed by atoms with Crippen LogP contribution in [0.3, 0.4) is 0 Å². The molecule has 3 nitrogen and oxygen atoms in total. The summed E-state index contributed by atoms with van der Waals surface area (Å²) in [4.78, 5) is 0. The van der Waals surface area contributed by atoms with Crippen molar-refractivity contribution in [2.45, 2.75) is 19.4 Å². The van der Waals surface area contributed by atoms with Gasteiger partial charge in [-0.2, -0.15) is 5.10 Å². The van der Waals surface area contributed by atoms with E-state index in [0.717, 1.165) is 12.1 Å². The van der Waals surface area contributed by atoms with Gasteiger partial charge in [-0.15, -0.1) is 0 Å². The van der Waals surface area contributed by atoms with Crippen molar-refractivity contribution in [2.24, 2.45) is 0 Å². The Hall–Kier alpha value is -1.60. The van der Waals surface area contributed by atoms with Gasteiger partial charge in [-0.1, -0.05) is 17.7 Å². The molecule has 2 rings (SSSR count). The number of hydrogen-bond acceptors (Lipinski definition) is 2. The molecule has 0 saturated heterocycles. The molecular weight excluding hydrogens is 322 g/mol. The number of alkyl halides is 2. The number of benzene rings is 1. The van der Waals surface area contributed by atoms with Gasteiger partial charge in [-0.3, -0.25) is 0 Å². The number of rotatable bonds is 7. The van der Waals surface area contributed by atoms with Crippen molar-refractivity contribution >= 4 is 11.6 Å². The van der Waals surface area contributed by atoms with Gasteiger partial charge in [0.25, 0.3) is 6.43 Å². The SMILES string of the molecule is Fc1cccc(F)c1Cn1ncc(CCNCC(F)F)c1Cl. The molecule has 0 aliphatic heterocycles. The highest BCUT2D eigenvalue weighted by Gasteiger charge is 2.14. The second kappa shape index (κ2) is 7.60. The number of nitrogens with one attached hydrogen (secondary N) is 1. The zero-order chi connectivity index (χ0) is 16.1. The van der Waals surface area contributed by atoms with Crippen LogP contribution in [-0.2, 0) is 13.0 Å². The summed E-state index contributed by atoms with van der Waals surface area (Å²) in [5.41, 5.74) is 0.495. The zero-order valence-corrected chi connectivity index (χ0v) is 12.3. The molecule has 0 aliphatic carbocycles. The predicted molar refractivity (Wildman–Crippen MR) is 75.3 cm³/mol. The highest BCUT2D eigenvalue weighted by molar-refractivity contribution is 6.30. The Morgan fingerprint density at radius 1 is 1.23 bits per heavy atom. The molecule has 0 atom stereocenters. The van der Waals surface area contributed by atoms with Gasteiger partial charge in [0.2, 0.25) is 0 Å². The van der Waals surface area contributed by atoms with E-state index in [4.69, 9.17) is 11.6 Å². The summed E-state index contributed by atoms with van der Waals surface area (Å²) in [5, 5.41) is 6.79. The van der Waals surface area contributed by atoms with Gasteiger partial charge in [0.15, 0.2) is 0 Å². The van der Waals surface area contributed by atoms with Crippen molar-refractivity contribution in [2.75, 3.05) is 13.1 Å². The third kappa shape index (κ3) is 4.20. The van der Waals surface area contributed by atoms with Crippen molar-refractivity contribution in [3.05, 3.63) is 52.3 Å². The molecule has 0 unspecified atom stereocenters. The minimum absolute atomic E-state index is 0.130. The minimum atomic E-state index is -2.41. The van der Waals surface area contributed by atoms with Crippen LogP contribution in [0.4, 0.5) is 17.6 Å². The molecule has 1 heterocycles. The van der Waals surface area contributed by atoms with E-state index in [-0.39, 0.29) is 17.3 Å². The molecular formula is C14H14ClF4N3. The first kappa shape index (κ1) is 16.8. The fourth-order valence-electron chi connectivity index (χ4n) is 1.95. The number of hydrogen-bond donors (Lipinski definition) is 1. The molecule has 8 heteroatoms. The molecule has 120 valence electrons. The van der Waals surface area contributed by atoms with Crippen molar-refractivity contribution < 1.29 is 17.6 Å². The molecule has 0 bridgehead atoms. The summed E-state index contributed by atoms with van der Waals surface area (Å²) < 4.78 is 52.4. The van der Waals surface area contributed by atoms with Crippen LogP contribution in [0.1, 0.15) is 11.1 Å². The first-order chi connectivity index (χ1) is 10.5. The minimum Gasteiger partial charge on any atom is -0.311 e. The average molecular weight is 336 g/mol. The lowest BCUT2D eigenvalue weighted by atomic mass is 10.2. The van der Waals surface area contributed by atoms with E-state index < -0.39 is 24.6 Å². The quantitative estimate of drug-likeness (QED) is 0.622. The summed E-state index contributed by atoms with van der Waals surface area (Å²) in [6.07, 6.45) is -0.557. The maximum absolute atomic E-state index is 13.6. The largest absolute Gasteiger partial charge is 0.311 e. The molecule has 22 heavy (non-hydrogen) atoms. The summed E-state index contributed by atoms with van der Waals surface area (Å²) in [6, 6.07) is 3.59. The van der Waals surface area contributed by atoms with Crippen LogP contribution in [0.2, 0.25) is 5.15 Å². The summed E-state index contributed by atoms with van der Waals surface area (Å²) in [6.45, 7) is -0.224. The molecule has 0 aliphatic rings. The molecule has 0 radical (unpaired) electrons. The van der Waals surface area contributed by atoms with E-state index in [0.29, 0.717) is 18.5 Å². The van der Waals surface area contributed by atoms with Crippen molar-refractivity contribution in [1.82, 2.24) is 15.1 Å². The van der Waals surface area contributed by atoms with E-state index in [1.54, 1.807) is 0 Å². The van der Waals surface area contributed by atoms with E-state index in [2.05, 4.69) is 10.4 Å². The smallest absolute Gasteiger partial charge is 0.250 e. The van der Waals surface area contributed by atoms with Crippen molar-refractivity contribution in [3.8, 4) is 0 Å². The molecule has 0 spiro atoms. The van der Waals surface area contributed by atoms with E-state index in [1.165, 1.54) is 16.9 Å². The van der Waals surface area contributed by atoms with E-state index >= 15 is 0 Å². The van der Waals surface area contributed by atoms with E-state index in [1.807, 2.05) is 0 Å². The van der Waals surface area contributed by atoms with Crippen LogP contribution < -0.4 is 5.32 Å². The standard InChI is InChI=1S/C14H14ClF4N3/c15-14-9(4-5-20-7-13(18)19)6-21-22(14)8-10-11(16)2-1-3-12(10)17/h1-3,6,13,20H,4-5,7-8H2. The lowest BCUT2D eigenvalue weighted by Gasteiger charge is -2.07. The van der Waals surface area contributed by atoms with Gasteiger partial charge < -0.3 is 5.32 Å². The van der Waals surface area contributed by atoms with Crippen LogP contribution in [0.15, 0.2) is 24.4 Å². The maximum Gasteiger partial charge on any atom is 0.250 e. The second-order valence-corrected chi connectivity index (χ2v) is 5.02. The number of halogens is 5. The Bertz CT molecular complexity index is 610. The summed E-state index contributed by atoms with van der Waals surface area (Å²) in [5.74, 6) is -1.35. The summed E-state index contributed by atoms with van der Waals surface area (Å²) in [7, 11) is 0. The molecule has 2 aromatic rings. The Morgan fingerprint density at radius 2 is 1.91 bits per heavy atom. The number of aromatic nitrogens is 2. The molecule has 0 amide bonds. The average Bonchev–Trinajstić information content (AvgIpc) is 2.80. The summed E-state index contributed by atoms with van der Waals surface area (Å²) >= 11 is 6.10. The predicted octanol–water partition coefficient (Wildman–Crippen LogP) is 3.26. The molecule has 0 saturated carbocycles. The van der Waals surface area contributed by atoms with Crippen LogP contribution in [0, 0.1) is 11.6 Å². The molecule has 1 N–H and O–H groups in total. The molecule has 1 aromatic carbocycles. The first-order valence-corrected chi connectivity index (χ1v) is 6.98. The Balaban J connectivity index is 2.02. The fourth-order valence-corrected chi connectivity index (χ4v) is 2.20. The highest BCUT2D eigenvalue weighted by atomic mass is 35.5. The Kier molecular flexibility index (Phi) is 5.79. The third-order valence-corrected chi connectivity index (χ3v) is 3.52. The Labute approximate surface area is 129 Å². The van der Waals surface area contributed by atoms with Crippen molar-refractivity contribution in [1.29, 1.82) is 0 Å².